The highest BCUT2D eigenvalue weighted by atomic mass is 35.5. The number of hydrogen-bond acceptors (Lipinski definition) is 2. The second-order valence-corrected chi connectivity index (χ2v) is 7.89. The largest absolute Gasteiger partial charge is 0.261 e. The monoisotopic (exact) mass is 434 g/mol. The maximum atomic E-state index is 12.8. The minimum Gasteiger partial charge on any atom is -0.261 e. The Bertz CT molecular complexity index is 872. The normalized spacial score (nSPS) is 13.4. The first-order valence-corrected chi connectivity index (χ1v) is 10.9. The van der Waals surface area contributed by atoms with E-state index in [0.29, 0.717) is 12.1 Å². The fourth-order valence-corrected chi connectivity index (χ4v) is 2.54. The molecule has 1 aliphatic carbocycles. The van der Waals surface area contributed by atoms with Crippen LogP contribution in [0.4, 0.5) is 20.2 Å². The molecule has 0 saturated heterocycles. The second kappa shape index (κ2) is 13.3. The molecule has 30 heavy (non-hydrogen) atoms. The number of benzene rings is 2. The Hall–Kier alpha value is -2.07. The Morgan fingerprint density at radius 2 is 1.70 bits per heavy atom. The Morgan fingerprint density at radius 3 is 2.17 bits per heavy atom. The lowest BCUT2D eigenvalue weighted by Gasteiger charge is -2.03. The summed E-state index contributed by atoms with van der Waals surface area (Å²) in [6, 6.07) is 8.07. The van der Waals surface area contributed by atoms with Crippen molar-refractivity contribution in [2.24, 2.45) is 15.9 Å². The highest BCUT2D eigenvalue weighted by Gasteiger charge is 2.12. The van der Waals surface area contributed by atoms with Gasteiger partial charge in [0, 0.05) is 23.0 Å². The van der Waals surface area contributed by atoms with Gasteiger partial charge in [-0.25, -0.2) is 8.78 Å². The molecule has 164 valence electrons. The molecule has 5 heteroatoms. The summed E-state index contributed by atoms with van der Waals surface area (Å²) in [5.41, 5.74) is 4.51. The number of aliphatic imine (C=N–C) groups is 2. The molecular formula is C25H33ClF2N2. The zero-order chi connectivity index (χ0) is 22.7. The van der Waals surface area contributed by atoms with Gasteiger partial charge in [-0.2, -0.15) is 0 Å². The van der Waals surface area contributed by atoms with E-state index >= 15 is 0 Å². The fraction of sp³-hybridized carbons (Fsp3) is 0.440. The Balaban J connectivity index is 0.000000252. The lowest BCUT2D eigenvalue weighted by atomic mass is 10.1. The van der Waals surface area contributed by atoms with Crippen LogP contribution in [0.3, 0.4) is 0 Å². The van der Waals surface area contributed by atoms with Crippen molar-refractivity contribution in [3.8, 4) is 0 Å². The van der Waals surface area contributed by atoms with Gasteiger partial charge in [-0.3, -0.25) is 9.98 Å². The van der Waals surface area contributed by atoms with E-state index < -0.39 is 11.6 Å². The Labute approximate surface area is 185 Å². The number of halogens is 3. The first-order valence-electron chi connectivity index (χ1n) is 10.5. The number of hydrogen-bond donors (Lipinski definition) is 0. The topological polar surface area (TPSA) is 24.7 Å². The summed E-state index contributed by atoms with van der Waals surface area (Å²) in [6.45, 7) is 12.0. The molecule has 0 amide bonds. The van der Waals surface area contributed by atoms with Gasteiger partial charge in [0.2, 0.25) is 0 Å². The molecule has 0 heterocycles. The summed E-state index contributed by atoms with van der Waals surface area (Å²) in [6.07, 6.45) is 6.16. The van der Waals surface area contributed by atoms with Gasteiger partial charge >= 0.3 is 0 Å². The number of aryl methyl sites for hydroxylation is 2. The zero-order valence-electron chi connectivity index (χ0n) is 18.9. The molecule has 3 rings (SSSR count). The first kappa shape index (κ1) is 26.0. The summed E-state index contributed by atoms with van der Waals surface area (Å²) in [5.74, 6) is -0.579. The number of nitrogens with zero attached hydrogens (tertiary/aromatic N) is 2. The Morgan fingerprint density at radius 1 is 1.10 bits per heavy atom. The minimum atomic E-state index is -0.849. The van der Waals surface area contributed by atoms with Gasteiger partial charge in [-0.1, -0.05) is 45.2 Å². The molecule has 0 atom stereocenters. The van der Waals surface area contributed by atoms with E-state index in [-0.39, 0.29) is 0 Å². The van der Waals surface area contributed by atoms with Crippen LogP contribution >= 0.6 is 11.6 Å². The van der Waals surface area contributed by atoms with E-state index in [1.165, 1.54) is 18.9 Å². The average molecular weight is 435 g/mol. The first-order chi connectivity index (χ1) is 14.2. The molecule has 2 aromatic rings. The van der Waals surface area contributed by atoms with Gasteiger partial charge in [0.25, 0.3) is 0 Å². The van der Waals surface area contributed by atoms with E-state index in [1.54, 1.807) is 13.1 Å². The van der Waals surface area contributed by atoms with Gasteiger partial charge in [0.15, 0.2) is 11.6 Å². The molecule has 0 aliphatic heterocycles. The summed E-state index contributed by atoms with van der Waals surface area (Å²) < 4.78 is 25.5. The van der Waals surface area contributed by atoms with Crippen molar-refractivity contribution in [2.75, 3.05) is 0 Å². The average Bonchev–Trinajstić information content (AvgIpc) is 3.50. The maximum absolute atomic E-state index is 12.8. The van der Waals surface area contributed by atoms with Gasteiger partial charge in [0.05, 0.1) is 11.4 Å². The van der Waals surface area contributed by atoms with Crippen LogP contribution in [0.5, 0.6) is 0 Å². The molecule has 0 unspecified atom stereocenters. The van der Waals surface area contributed by atoms with Gasteiger partial charge in [-0.15, -0.1) is 0 Å². The molecule has 1 aliphatic rings. The summed E-state index contributed by atoms with van der Waals surface area (Å²) in [5, 5.41) is 0.769. The van der Waals surface area contributed by atoms with Crippen molar-refractivity contribution in [1.29, 1.82) is 0 Å². The summed E-state index contributed by atoms with van der Waals surface area (Å²) in [4.78, 5) is 8.42. The molecule has 1 saturated carbocycles. The lowest BCUT2D eigenvalue weighted by molar-refractivity contribution is 0.507. The van der Waals surface area contributed by atoms with Crippen molar-refractivity contribution in [1.82, 2.24) is 0 Å². The van der Waals surface area contributed by atoms with E-state index in [1.807, 2.05) is 39.0 Å². The van der Waals surface area contributed by atoms with Gasteiger partial charge in [0.1, 0.15) is 0 Å². The predicted molar refractivity (Wildman–Crippen MR) is 127 cm³/mol. The quantitative estimate of drug-likeness (QED) is 0.429. The fourth-order valence-electron chi connectivity index (χ4n) is 2.32. The highest BCUT2D eigenvalue weighted by Crippen LogP contribution is 2.26. The standard InChI is InChI=1S/C11H14ClN.C10H11F2N.C4H8/c1-4-9(3)13-11-6-5-10(12)7-8(11)2;1-3-7-5-8(11)9(12)6-10(7)13-4-2;1-4-2-3-4/h5-7H,4H2,1-3H3;4-6H,3H2,1-2H3;4H,2-3H2,1H3. The third kappa shape index (κ3) is 9.62. The summed E-state index contributed by atoms with van der Waals surface area (Å²) in [7, 11) is 0. The van der Waals surface area contributed by atoms with Gasteiger partial charge < -0.3 is 0 Å². The Kier molecular flexibility index (Phi) is 11.5. The van der Waals surface area contributed by atoms with Crippen LogP contribution in [0, 0.1) is 24.5 Å². The molecule has 2 nitrogen and oxygen atoms in total. The van der Waals surface area contributed by atoms with Crippen LogP contribution < -0.4 is 0 Å². The van der Waals surface area contributed by atoms with Crippen molar-refractivity contribution in [3.63, 3.8) is 0 Å². The van der Waals surface area contributed by atoms with E-state index in [9.17, 15) is 8.78 Å². The molecule has 0 N–H and O–H groups in total. The van der Waals surface area contributed by atoms with Crippen molar-refractivity contribution >= 4 is 34.9 Å². The van der Waals surface area contributed by atoms with Crippen LogP contribution in [0.1, 0.15) is 65.0 Å². The molecular weight excluding hydrogens is 402 g/mol. The van der Waals surface area contributed by atoms with Gasteiger partial charge in [-0.05, 0) is 74.9 Å². The molecule has 0 radical (unpaired) electrons. The van der Waals surface area contributed by atoms with E-state index in [0.717, 1.165) is 46.0 Å². The van der Waals surface area contributed by atoms with Crippen LogP contribution in [0.2, 0.25) is 5.02 Å². The van der Waals surface area contributed by atoms with Crippen molar-refractivity contribution in [3.05, 3.63) is 58.1 Å². The smallest absolute Gasteiger partial charge is 0.160 e. The predicted octanol–water partition coefficient (Wildman–Crippen LogP) is 8.82. The van der Waals surface area contributed by atoms with Crippen molar-refractivity contribution < 1.29 is 8.78 Å². The van der Waals surface area contributed by atoms with E-state index in [2.05, 4.69) is 23.8 Å². The van der Waals surface area contributed by atoms with Crippen LogP contribution in [-0.4, -0.2) is 11.9 Å². The molecule has 1 fully saturated rings. The molecule has 0 spiro atoms. The van der Waals surface area contributed by atoms with Crippen LogP contribution in [0.25, 0.3) is 0 Å². The van der Waals surface area contributed by atoms with Crippen molar-refractivity contribution in [2.45, 2.75) is 67.2 Å². The number of rotatable bonds is 4. The lowest BCUT2D eigenvalue weighted by Crippen LogP contribution is -1.89. The third-order valence-corrected chi connectivity index (χ3v) is 4.85. The molecule has 2 aromatic carbocycles. The zero-order valence-corrected chi connectivity index (χ0v) is 19.7. The highest BCUT2D eigenvalue weighted by molar-refractivity contribution is 6.30. The summed E-state index contributed by atoms with van der Waals surface area (Å²) >= 11 is 5.84. The molecule has 0 bridgehead atoms. The van der Waals surface area contributed by atoms with Crippen LogP contribution in [0.15, 0.2) is 40.3 Å². The SMILES string of the molecule is CC1CC1.CC=Nc1cc(F)c(F)cc1CC.CCC(C)=Nc1ccc(Cl)cc1C. The van der Waals surface area contributed by atoms with E-state index in [4.69, 9.17) is 11.6 Å². The maximum Gasteiger partial charge on any atom is 0.160 e. The third-order valence-electron chi connectivity index (χ3n) is 4.62. The minimum absolute atomic E-state index is 0.504. The molecule has 0 aromatic heterocycles. The van der Waals surface area contributed by atoms with Crippen LogP contribution in [-0.2, 0) is 6.42 Å². The second-order valence-electron chi connectivity index (χ2n) is 7.45.